The molecule has 2 atom stereocenters. The first kappa shape index (κ1) is 10.9. The lowest BCUT2D eigenvalue weighted by atomic mass is 9.86. The summed E-state index contributed by atoms with van der Waals surface area (Å²) in [7, 11) is 0. The van der Waals surface area contributed by atoms with Crippen LogP contribution in [0.4, 0.5) is 0 Å². The van der Waals surface area contributed by atoms with Gasteiger partial charge in [-0.1, -0.05) is 18.0 Å². The monoisotopic (exact) mass is 251 g/mol. The molecule has 0 saturated heterocycles. The highest BCUT2D eigenvalue weighted by Gasteiger charge is 2.29. The largest absolute Gasteiger partial charge is 0.392 e. The van der Waals surface area contributed by atoms with Crippen molar-refractivity contribution in [3.05, 3.63) is 17.6 Å². The van der Waals surface area contributed by atoms with Gasteiger partial charge in [-0.3, -0.25) is 4.98 Å². The molecule has 1 aliphatic carbocycles. The Kier molecular flexibility index (Phi) is 2.90. The van der Waals surface area contributed by atoms with Crippen LogP contribution in [0.2, 0.25) is 0 Å². The summed E-state index contributed by atoms with van der Waals surface area (Å²) in [4.78, 5) is 9.24. The molecule has 1 N–H and O–H groups in total. The SMILES string of the molecule is OC1CCCCC1c1nc(-c2cncs2)no1. The van der Waals surface area contributed by atoms with Crippen molar-refractivity contribution in [2.24, 2.45) is 0 Å². The van der Waals surface area contributed by atoms with E-state index in [0.717, 1.165) is 30.6 Å². The minimum Gasteiger partial charge on any atom is -0.392 e. The normalized spacial score (nSPS) is 25.0. The van der Waals surface area contributed by atoms with Gasteiger partial charge in [-0.15, -0.1) is 11.3 Å². The van der Waals surface area contributed by atoms with Gasteiger partial charge in [0.2, 0.25) is 11.7 Å². The number of rotatable bonds is 2. The second-order valence-electron chi connectivity index (χ2n) is 4.28. The summed E-state index contributed by atoms with van der Waals surface area (Å²) >= 11 is 1.48. The van der Waals surface area contributed by atoms with Gasteiger partial charge in [-0.2, -0.15) is 4.98 Å². The summed E-state index contributed by atoms with van der Waals surface area (Å²) < 4.78 is 5.26. The molecule has 1 fully saturated rings. The predicted octanol–water partition coefficient (Wildman–Crippen LogP) is 2.21. The molecule has 0 amide bonds. The van der Waals surface area contributed by atoms with E-state index < -0.39 is 0 Å². The van der Waals surface area contributed by atoms with E-state index in [-0.39, 0.29) is 12.0 Å². The maximum Gasteiger partial charge on any atom is 0.232 e. The van der Waals surface area contributed by atoms with Crippen molar-refractivity contribution in [2.75, 3.05) is 0 Å². The van der Waals surface area contributed by atoms with E-state index in [2.05, 4.69) is 15.1 Å². The van der Waals surface area contributed by atoms with Crippen molar-refractivity contribution < 1.29 is 9.63 Å². The molecule has 5 nitrogen and oxygen atoms in total. The number of aliphatic hydroxyl groups is 1. The fourth-order valence-corrected chi connectivity index (χ4v) is 2.76. The molecule has 2 unspecified atom stereocenters. The third-order valence-electron chi connectivity index (χ3n) is 3.14. The van der Waals surface area contributed by atoms with Crippen LogP contribution in [0.1, 0.15) is 37.5 Å². The molecule has 0 radical (unpaired) electrons. The Morgan fingerprint density at radius 1 is 1.35 bits per heavy atom. The summed E-state index contributed by atoms with van der Waals surface area (Å²) in [5.41, 5.74) is 1.74. The van der Waals surface area contributed by atoms with Crippen LogP contribution in [0.3, 0.4) is 0 Å². The summed E-state index contributed by atoms with van der Waals surface area (Å²) in [6.45, 7) is 0. The Labute approximate surface area is 103 Å². The molecular weight excluding hydrogens is 238 g/mol. The van der Waals surface area contributed by atoms with Gasteiger partial charge >= 0.3 is 0 Å². The molecule has 6 heteroatoms. The lowest BCUT2D eigenvalue weighted by molar-refractivity contribution is 0.0908. The Morgan fingerprint density at radius 3 is 3.00 bits per heavy atom. The Bertz CT molecular complexity index is 483. The molecular formula is C11H13N3O2S. The van der Waals surface area contributed by atoms with E-state index in [1.165, 1.54) is 11.3 Å². The van der Waals surface area contributed by atoms with Crippen LogP contribution in [0.5, 0.6) is 0 Å². The Balaban J connectivity index is 1.84. The van der Waals surface area contributed by atoms with Crippen LogP contribution in [0.25, 0.3) is 10.7 Å². The molecule has 3 rings (SSSR count). The van der Waals surface area contributed by atoms with Crippen molar-refractivity contribution in [3.8, 4) is 10.7 Å². The maximum absolute atomic E-state index is 9.92. The zero-order valence-corrected chi connectivity index (χ0v) is 10.1. The fraction of sp³-hybridized carbons (Fsp3) is 0.545. The van der Waals surface area contributed by atoms with Crippen molar-refractivity contribution in [2.45, 2.75) is 37.7 Å². The van der Waals surface area contributed by atoms with Crippen molar-refractivity contribution >= 4 is 11.3 Å². The van der Waals surface area contributed by atoms with E-state index in [0.29, 0.717) is 11.7 Å². The van der Waals surface area contributed by atoms with Crippen LogP contribution >= 0.6 is 11.3 Å². The first-order valence-corrected chi connectivity index (χ1v) is 6.63. The molecule has 17 heavy (non-hydrogen) atoms. The van der Waals surface area contributed by atoms with Crippen LogP contribution in [0.15, 0.2) is 16.2 Å². The molecule has 2 heterocycles. The summed E-state index contributed by atoms with van der Waals surface area (Å²) in [6, 6.07) is 0. The minimum atomic E-state index is -0.349. The van der Waals surface area contributed by atoms with Gasteiger partial charge < -0.3 is 9.63 Å². The summed E-state index contributed by atoms with van der Waals surface area (Å²) in [6.07, 6.45) is 5.30. The smallest absolute Gasteiger partial charge is 0.232 e. The standard InChI is InChI=1S/C11H13N3O2S/c15-8-4-2-1-3-7(8)11-13-10(14-16-11)9-5-12-6-17-9/h5-8,15H,1-4H2. The third kappa shape index (κ3) is 2.10. The van der Waals surface area contributed by atoms with Crippen molar-refractivity contribution in [1.82, 2.24) is 15.1 Å². The van der Waals surface area contributed by atoms with Crippen LogP contribution in [-0.2, 0) is 0 Å². The summed E-state index contributed by atoms with van der Waals surface area (Å²) in [5.74, 6) is 1.12. The zero-order chi connectivity index (χ0) is 11.7. The molecule has 1 saturated carbocycles. The van der Waals surface area contributed by atoms with E-state index in [1.807, 2.05) is 0 Å². The average Bonchev–Trinajstić information content (AvgIpc) is 3.00. The average molecular weight is 251 g/mol. The molecule has 90 valence electrons. The number of hydrogen-bond donors (Lipinski definition) is 1. The first-order chi connectivity index (χ1) is 8.34. The van der Waals surface area contributed by atoms with Crippen LogP contribution < -0.4 is 0 Å². The second-order valence-corrected chi connectivity index (χ2v) is 5.17. The van der Waals surface area contributed by atoms with E-state index in [1.54, 1.807) is 11.7 Å². The second kappa shape index (κ2) is 4.54. The minimum absolute atomic E-state index is 0.00192. The highest BCUT2D eigenvalue weighted by Crippen LogP contribution is 2.33. The zero-order valence-electron chi connectivity index (χ0n) is 9.24. The third-order valence-corrected chi connectivity index (χ3v) is 3.91. The molecule has 0 aromatic carbocycles. The highest BCUT2D eigenvalue weighted by molar-refractivity contribution is 7.13. The number of thiazole rings is 1. The Hall–Kier alpha value is -1.27. The molecule has 2 aromatic rings. The number of nitrogens with zero attached hydrogens (tertiary/aromatic N) is 3. The van der Waals surface area contributed by atoms with Crippen LogP contribution in [-0.4, -0.2) is 26.3 Å². The van der Waals surface area contributed by atoms with Crippen molar-refractivity contribution in [1.29, 1.82) is 0 Å². The lowest BCUT2D eigenvalue weighted by Gasteiger charge is -2.23. The van der Waals surface area contributed by atoms with Crippen molar-refractivity contribution in [3.63, 3.8) is 0 Å². The van der Waals surface area contributed by atoms with Gasteiger partial charge in [-0.25, -0.2) is 0 Å². The van der Waals surface area contributed by atoms with Gasteiger partial charge in [0.15, 0.2) is 0 Å². The first-order valence-electron chi connectivity index (χ1n) is 5.75. The van der Waals surface area contributed by atoms with E-state index in [9.17, 15) is 5.11 Å². The number of hydrogen-bond acceptors (Lipinski definition) is 6. The van der Waals surface area contributed by atoms with Gasteiger partial charge in [-0.05, 0) is 12.8 Å². The highest BCUT2D eigenvalue weighted by atomic mass is 32.1. The molecule has 1 aliphatic rings. The molecule has 0 aliphatic heterocycles. The fourth-order valence-electron chi connectivity index (χ4n) is 2.21. The molecule has 0 spiro atoms. The summed E-state index contributed by atoms with van der Waals surface area (Å²) in [5, 5.41) is 13.9. The van der Waals surface area contributed by atoms with Gasteiger partial charge in [0.05, 0.1) is 22.4 Å². The quantitative estimate of drug-likeness (QED) is 0.886. The van der Waals surface area contributed by atoms with Crippen LogP contribution in [0, 0.1) is 0 Å². The number of aromatic nitrogens is 3. The van der Waals surface area contributed by atoms with Gasteiger partial charge in [0.1, 0.15) is 0 Å². The lowest BCUT2D eigenvalue weighted by Crippen LogP contribution is -2.22. The van der Waals surface area contributed by atoms with Gasteiger partial charge in [0.25, 0.3) is 0 Å². The topological polar surface area (TPSA) is 72.0 Å². The molecule has 2 aromatic heterocycles. The number of aliphatic hydroxyl groups excluding tert-OH is 1. The van der Waals surface area contributed by atoms with E-state index >= 15 is 0 Å². The Morgan fingerprint density at radius 2 is 2.24 bits per heavy atom. The maximum atomic E-state index is 9.92. The molecule has 0 bridgehead atoms. The van der Waals surface area contributed by atoms with E-state index in [4.69, 9.17) is 4.52 Å². The van der Waals surface area contributed by atoms with Gasteiger partial charge in [0, 0.05) is 6.20 Å². The predicted molar refractivity (Wildman–Crippen MR) is 62.6 cm³/mol.